The lowest BCUT2D eigenvalue weighted by atomic mass is 10.0. The van der Waals surface area contributed by atoms with E-state index in [1.54, 1.807) is 0 Å². The molecule has 0 spiro atoms. The molecule has 0 aliphatic rings. The maximum atomic E-state index is 12.5. The summed E-state index contributed by atoms with van der Waals surface area (Å²) in [5.41, 5.74) is 1.01. The molecule has 0 aromatic rings. The van der Waals surface area contributed by atoms with Crippen LogP contribution in [0.15, 0.2) is 24.4 Å². The predicted molar refractivity (Wildman–Crippen MR) is 248 cm³/mol. The van der Waals surface area contributed by atoms with E-state index in [1.807, 2.05) is 40.0 Å². The fourth-order valence-electron chi connectivity index (χ4n) is 5.73. The van der Waals surface area contributed by atoms with Crippen molar-refractivity contribution in [2.45, 2.75) is 169 Å². The van der Waals surface area contributed by atoms with Crippen molar-refractivity contribution in [3.05, 3.63) is 24.4 Å². The maximum Gasteiger partial charge on any atom is 0.408 e. The van der Waals surface area contributed by atoms with Gasteiger partial charge in [-0.1, -0.05) is 59.6 Å². The third-order valence-corrected chi connectivity index (χ3v) is 14.8. The topological polar surface area (TPSA) is 192 Å². The molecule has 338 valence electrons. The van der Waals surface area contributed by atoms with Gasteiger partial charge in [-0.25, -0.2) is 19.2 Å². The van der Waals surface area contributed by atoms with Gasteiger partial charge in [0.2, 0.25) is 16.6 Å². The monoisotopic (exact) mass is 865 g/mol. The van der Waals surface area contributed by atoms with E-state index < -0.39 is 35.0 Å². The number of rotatable bonds is 30. The summed E-state index contributed by atoms with van der Waals surface area (Å²) in [6, 6.07) is 0.145. The van der Waals surface area contributed by atoms with Gasteiger partial charge in [0.25, 0.3) is 0 Å². The van der Waals surface area contributed by atoms with Gasteiger partial charge >= 0.3 is 24.2 Å². The van der Waals surface area contributed by atoms with Crippen LogP contribution in [0.25, 0.3) is 0 Å². The molecule has 0 aliphatic heterocycles. The van der Waals surface area contributed by atoms with Gasteiger partial charge in [-0.3, -0.25) is 0 Å². The lowest BCUT2D eigenvalue weighted by Gasteiger charge is -2.33. The molecule has 0 aromatic heterocycles. The minimum absolute atomic E-state index is 0.0472. The Bertz CT molecular complexity index is 1220. The standard InChI is InChI=1S/C31H64BN7O7Si2.C9H18BN/c1-10-11-14-17-27(38-28(40)33-5)39-31(43)45-23-48(8,9)46-47(6,7)22-44-30(42)35-21-16-13-12-15-20-34-29(41)37-25(3)19-18-24(2)36-26(4)32;1-7(2)5-6-8(3)11-9(4)10/h24-25,27,36H,4,10-23H2,1-3,5-9H3,(H,35,42)(H,39,43)(H2,33,38,40)(H2,34,37,41);7-8,11H,4-6H2,1-3H3. The second-order valence-corrected chi connectivity index (χ2v) is 25.5. The number of urea groups is 2. The summed E-state index contributed by atoms with van der Waals surface area (Å²) in [5, 5.41) is 22.7. The Hall–Kier alpha value is -3.32. The average molecular weight is 865 g/mol. The summed E-state index contributed by atoms with van der Waals surface area (Å²) in [4.78, 5) is 48.6. The SMILES string of the molecule is [B]C(=C)NC(C)CCC(C)C.[B]C(=C)NC(C)CCC(C)NC(=O)NCCCCCCNC(=O)OC[Si](C)(C)O[Si](C)(C)COC(=O)NC(CCCCC)NC(=O)NC. The number of ether oxygens (including phenoxy) is 2. The third-order valence-electron chi connectivity index (χ3n) is 8.68. The normalized spacial score (nSPS) is 13.2. The van der Waals surface area contributed by atoms with E-state index in [0.29, 0.717) is 36.7 Å². The van der Waals surface area contributed by atoms with Gasteiger partial charge in [0, 0.05) is 38.3 Å². The molecule has 0 heterocycles. The Morgan fingerprint density at radius 3 is 1.53 bits per heavy atom. The molecule has 0 saturated heterocycles. The van der Waals surface area contributed by atoms with Crippen LogP contribution in [0.5, 0.6) is 0 Å². The molecule has 6 amide bonds. The zero-order valence-electron chi connectivity index (χ0n) is 38.6. The molecule has 4 radical (unpaired) electrons. The first-order valence-corrected chi connectivity index (χ1v) is 27.7. The average Bonchev–Trinajstić information content (AvgIpc) is 3.12. The fourth-order valence-corrected chi connectivity index (χ4v) is 13.1. The number of nitrogens with one attached hydrogen (secondary N) is 8. The van der Waals surface area contributed by atoms with E-state index in [-0.39, 0.29) is 36.6 Å². The Morgan fingerprint density at radius 2 is 1.05 bits per heavy atom. The van der Waals surface area contributed by atoms with Gasteiger partial charge in [0.15, 0.2) is 0 Å². The van der Waals surface area contributed by atoms with E-state index in [4.69, 9.17) is 29.3 Å². The van der Waals surface area contributed by atoms with E-state index in [2.05, 4.69) is 83.4 Å². The van der Waals surface area contributed by atoms with Crippen LogP contribution >= 0.6 is 0 Å². The van der Waals surface area contributed by atoms with E-state index in [9.17, 15) is 19.2 Å². The number of carbonyl (C=O) groups excluding carboxylic acids is 4. The number of alkyl carbamates (subject to hydrolysis) is 2. The first kappa shape index (κ1) is 57.8. The molecule has 0 fully saturated rings. The summed E-state index contributed by atoms with van der Waals surface area (Å²) < 4.78 is 17.3. The molecule has 0 rings (SSSR count). The molecule has 8 N–H and O–H groups in total. The van der Waals surface area contributed by atoms with Crippen LogP contribution < -0.4 is 42.5 Å². The Labute approximate surface area is 362 Å². The van der Waals surface area contributed by atoms with E-state index >= 15 is 0 Å². The highest BCUT2D eigenvalue weighted by Gasteiger charge is 2.36. The largest absolute Gasteiger partial charge is 0.451 e. The predicted octanol–water partition coefficient (Wildman–Crippen LogP) is 6.47. The number of hydrogen-bond donors (Lipinski definition) is 8. The lowest BCUT2D eigenvalue weighted by molar-refractivity contribution is 0.150. The summed E-state index contributed by atoms with van der Waals surface area (Å²) in [6.45, 7) is 28.8. The van der Waals surface area contributed by atoms with Crippen LogP contribution in [0.3, 0.4) is 0 Å². The van der Waals surface area contributed by atoms with Gasteiger partial charge in [0.1, 0.15) is 34.3 Å². The highest BCUT2D eigenvalue weighted by Crippen LogP contribution is 2.16. The second-order valence-electron chi connectivity index (χ2n) is 17.0. The summed E-state index contributed by atoms with van der Waals surface area (Å²) in [5.74, 6) is 0.769. The molecule has 0 bridgehead atoms. The molecule has 19 heteroatoms. The van der Waals surface area contributed by atoms with Crippen LogP contribution in [0.4, 0.5) is 19.2 Å². The Kier molecular flexibility index (Phi) is 32.7. The van der Waals surface area contributed by atoms with Crippen LogP contribution in [-0.4, -0.2) is 113 Å². The molecule has 4 unspecified atom stereocenters. The van der Waals surface area contributed by atoms with Crippen LogP contribution in [0.1, 0.15) is 119 Å². The van der Waals surface area contributed by atoms with Crippen LogP contribution in [-0.2, 0) is 13.6 Å². The minimum Gasteiger partial charge on any atom is -0.451 e. The number of carbonyl (C=O) groups is 4. The van der Waals surface area contributed by atoms with Crippen molar-refractivity contribution in [1.82, 2.24) is 42.5 Å². The third kappa shape index (κ3) is 38.6. The lowest BCUT2D eigenvalue weighted by Crippen LogP contribution is -2.53. The molecule has 0 aromatic carbocycles. The minimum atomic E-state index is -2.44. The van der Waals surface area contributed by atoms with E-state index in [1.165, 1.54) is 13.5 Å². The molecular formula is C40H82B2N8O7Si2. The quantitative estimate of drug-likeness (QED) is 0.0227. The molecule has 0 aliphatic carbocycles. The highest BCUT2D eigenvalue weighted by molar-refractivity contribution is 6.84. The summed E-state index contributed by atoms with van der Waals surface area (Å²) in [6.07, 6.45) is 9.68. The summed E-state index contributed by atoms with van der Waals surface area (Å²) >= 11 is 0. The Morgan fingerprint density at radius 1 is 0.576 bits per heavy atom. The number of unbranched alkanes of at least 4 members (excludes halogenated alkanes) is 5. The first-order valence-electron chi connectivity index (χ1n) is 21.5. The molecule has 59 heavy (non-hydrogen) atoms. The van der Waals surface area contributed by atoms with Crippen molar-refractivity contribution in [3.63, 3.8) is 0 Å². The van der Waals surface area contributed by atoms with E-state index in [0.717, 1.165) is 70.1 Å². The molecule has 15 nitrogen and oxygen atoms in total. The van der Waals surface area contributed by atoms with Crippen LogP contribution in [0, 0.1) is 5.92 Å². The van der Waals surface area contributed by atoms with Gasteiger partial charge in [-0.05, 0) is 115 Å². The van der Waals surface area contributed by atoms with Crippen molar-refractivity contribution < 1.29 is 32.8 Å². The van der Waals surface area contributed by atoms with Crippen molar-refractivity contribution in [1.29, 1.82) is 0 Å². The first-order chi connectivity index (χ1) is 27.5. The Balaban J connectivity index is 0. The molecule has 4 atom stereocenters. The number of amides is 6. The van der Waals surface area contributed by atoms with Crippen LogP contribution in [0.2, 0.25) is 26.2 Å². The van der Waals surface area contributed by atoms with Crippen molar-refractivity contribution in [3.8, 4) is 0 Å². The van der Waals surface area contributed by atoms with Gasteiger partial charge in [-0.15, -0.1) is 0 Å². The van der Waals surface area contributed by atoms with Crippen molar-refractivity contribution in [2.24, 2.45) is 5.92 Å². The van der Waals surface area contributed by atoms with Crippen molar-refractivity contribution in [2.75, 3.05) is 32.6 Å². The fraction of sp³-hybridized carbons (Fsp3) is 0.800. The van der Waals surface area contributed by atoms with Gasteiger partial charge in [0.05, 0.1) is 0 Å². The summed E-state index contributed by atoms with van der Waals surface area (Å²) in [7, 11) is 7.61. The zero-order valence-corrected chi connectivity index (χ0v) is 40.6. The smallest absolute Gasteiger partial charge is 0.408 e. The number of hydrogen-bond acceptors (Lipinski definition) is 9. The van der Waals surface area contributed by atoms with Gasteiger partial charge in [-0.2, -0.15) is 0 Å². The maximum absolute atomic E-state index is 12.5. The van der Waals surface area contributed by atoms with Gasteiger partial charge < -0.3 is 56.1 Å². The molecule has 0 saturated carbocycles. The van der Waals surface area contributed by atoms with Crippen molar-refractivity contribution >= 4 is 56.6 Å². The zero-order chi connectivity index (χ0) is 45.4. The highest BCUT2D eigenvalue weighted by atomic mass is 28.4. The molecular weight excluding hydrogens is 782 g/mol. The second kappa shape index (κ2) is 33.4.